The van der Waals surface area contributed by atoms with E-state index in [1.54, 1.807) is 0 Å². The van der Waals surface area contributed by atoms with Crippen molar-refractivity contribution in [2.75, 3.05) is 0 Å². The lowest BCUT2D eigenvalue weighted by molar-refractivity contribution is 0.476. The summed E-state index contributed by atoms with van der Waals surface area (Å²) in [5.74, 6) is 0.639. The molecule has 0 spiro atoms. The first-order chi connectivity index (χ1) is 11.2. The van der Waals surface area contributed by atoms with E-state index in [0.29, 0.717) is 10.3 Å². The van der Waals surface area contributed by atoms with Crippen LogP contribution in [0.1, 0.15) is 0 Å². The smallest absolute Gasteiger partial charge is 0.161 e. The molecule has 1 aromatic heterocycles. The van der Waals surface area contributed by atoms with Crippen molar-refractivity contribution in [3.8, 4) is 28.0 Å². The summed E-state index contributed by atoms with van der Waals surface area (Å²) in [5.41, 5.74) is 4.39. The van der Waals surface area contributed by atoms with E-state index < -0.39 is 0 Å². The van der Waals surface area contributed by atoms with Crippen LogP contribution in [0.3, 0.4) is 0 Å². The predicted octanol–water partition coefficient (Wildman–Crippen LogP) is 5.61. The molecule has 0 aliphatic rings. The van der Waals surface area contributed by atoms with Gasteiger partial charge in [0.05, 0.1) is 10.8 Å². The molecule has 0 radical (unpaired) electrons. The molecule has 0 aliphatic heterocycles. The van der Waals surface area contributed by atoms with Gasteiger partial charge in [-0.2, -0.15) is 0 Å². The molecule has 0 bridgehead atoms. The van der Waals surface area contributed by atoms with Crippen LogP contribution >= 0.6 is 12.2 Å². The fraction of sp³-hybridized carbons (Fsp3) is 0.0500. The molecule has 0 atom stereocenters. The second-order valence-electron chi connectivity index (χ2n) is 5.26. The molecule has 0 amide bonds. The zero-order valence-corrected chi connectivity index (χ0v) is 13.7. The van der Waals surface area contributed by atoms with Gasteiger partial charge in [-0.15, -0.1) is 0 Å². The number of benzene rings is 2. The van der Waals surface area contributed by atoms with Gasteiger partial charge < -0.3 is 9.30 Å². The number of nitrogens with zero attached hydrogens (tertiary/aromatic N) is 1. The molecule has 0 aliphatic carbocycles. The van der Waals surface area contributed by atoms with E-state index in [1.165, 1.54) is 11.8 Å². The molecule has 3 rings (SSSR count). The number of aromatic nitrogens is 1. The van der Waals surface area contributed by atoms with Gasteiger partial charge in [0.15, 0.2) is 5.75 Å². The third kappa shape index (κ3) is 3.25. The maximum absolute atomic E-state index is 5.57. The van der Waals surface area contributed by atoms with Gasteiger partial charge in [0.25, 0.3) is 0 Å². The number of hydrogen-bond acceptors (Lipinski definition) is 2. The fourth-order valence-electron chi connectivity index (χ4n) is 2.55. The first kappa shape index (κ1) is 15.3. The zero-order chi connectivity index (χ0) is 16.2. The average Bonchev–Trinajstić information content (AvgIpc) is 2.59. The van der Waals surface area contributed by atoms with E-state index in [4.69, 9.17) is 17.0 Å². The Morgan fingerprint density at radius 2 is 1.65 bits per heavy atom. The van der Waals surface area contributed by atoms with Crippen molar-refractivity contribution in [2.24, 2.45) is 7.05 Å². The molecular weight excluding hydrogens is 302 g/mol. The molecule has 2 aromatic carbocycles. The van der Waals surface area contributed by atoms with Gasteiger partial charge >= 0.3 is 0 Å². The van der Waals surface area contributed by atoms with Crippen molar-refractivity contribution in [3.05, 3.63) is 84.3 Å². The number of aryl methyl sites for hydroxylation is 1. The minimum Gasteiger partial charge on any atom is -0.463 e. The summed E-state index contributed by atoms with van der Waals surface area (Å²) in [6, 6.07) is 18.7. The minimum atomic E-state index is 0.639. The van der Waals surface area contributed by atoms with E-state index in [9.17, 15) is 0 Å². The SMILES string of the molecule is C=COc1cn(C)cc(-c2cccc(-c3ccccc3)c2)c1=S. The second-order valence-corrected chi connectivity index (χ2v) is 5.67. The van der Waals surface area contributed by atoms with Gasteiger partial charge in [-0.25, -0.2) is 0 Å². The summed E-state index contributed by atoms with van der Waals surface area (Å²) in [6.07, 6.45) is 5.27. The molecule has 114 valence electrons. The average molecular weight is 319 g/mol. The maximum Gasteiger partial charge on any atom is 0.161 e. The molecule has 3 heteroatoms. The molecule has 3 aromatic rings. The van der Waals surface area contributed by atoms with Crippen LogP contribution in [0.5, 0.6) is 5.75 Å². The zero-order valence-electron chi connectivity index (χ0n) is 12.9. The molecule has 0 unspecified atom stereocenters. The summed E-state index contributed by atoms with van der Waals surface area (Å²) in [4.78, 5) is 0. The maximum atomic E-state index is 5.57. The minimum absolute atomic E-state index is 0.639. The van der Waals surface area contributed by atoms with Gasteiger partial charge in [-0.3, -0.25) is 0 Å². The molecule has 23 heavy (non-hydrogen) atoms. The second kappa shape index (κ2) is 6.63. The lowest BCUT2D eigenvalue weighted by Crippen LogP contribution is -1.95. The van der Waals surface area contributed by atoms with E-state index >= 15 is 0 Å². The van der Waals surface area contributed by atoms with E-state index in [2.05, 4.69) is 36.9 Å². The monoisotopic (exact) mass is 319 g/mol. The van der Waals surface area contributed by atoms with Crippen LogP contribution in [0.15, 0.2) is 79.8 Å². The van der Waals surface area contributed by atoms with Gasteiger partial charge in [-0.05, 0) is 22.8 Å². The molecule has 1 heterocycles. The van der Waals surface area contributed by atoms with Crippen LogP contribution in [0, 0.1) is 4.51 Å². The lowest BCUT2D eigenvalue weighted by atomic mass is 10.00. The fourth-order valence-corrected chi connectivity index (χ4v) is 2.82. The molecular formula is C20H17NOS. The quantitative estimate of drug-likeness (QED) is 0.458. The highest BCUT2D eigenvalue weighted by molar-refractivity contribution is 7.71. The van der Waals surface area contributed by atoms with Crippen molar-refractivity contribution < 1.29 is 4.74 Å². The third-order valence-electron chi connectivity index (χ3n) is 3.61. The Bertz CT molecular complexity index is 897. The Labute approximate surface area is 141 Å². The van der Waals surface area contributed by atoms with Crippen molar-refractivity contribution >= 4 is 12.2 Å². The topological polar surface area (TPSA) is 14.2 Å². The van der Waals surface area contributed by atoms with Crippen molar-refractivity contribution in [3.63, 3.8) is 0 Å². The van der Waals surface area contributed by atoms with Crippen molar-refractivity contribution in [1.82, 2.24) is 4.57 Å². The van der Waals surface area contributed by atoms with E-state index in [1.807, 2.05) is 48.3 Å². The summed E-state index contributed by atoms with van der Waals surface area (Å²) in [5, 5.41) is 0. The lowest BCUT2D eigenvalue weighted by Gasteiger charge is -2.11. The Balaban J connectivity index is 2.13. The largest absolute Gasteiger partial charge is 0.463 e. The Hall–Kier alpha value is -2.65. The van der Waals surface area contributed by atoms with Crippen molar-refractivity contribution in [1.29, 1.82) is 0 Å². The van der Waals surface area contributed by atoms with Crippen LogP contribution < -0.4 is 4.74 Å². The molecule has 0 saturated heterocycles. The van der Waals surface area contributed by atoms with E-state index in [0.717, 1.165) is 16.7 Å². The first-order valence-electron chi connectivity index (χ1n) is 7.33. The highest BCUT2D eigenvalue weighted by atomic mass is 32.1. The number of hydrogen-bond donors (Lipinski definition) is 0. The summed E-state index contributed by atoms with van der Waals surface area (Å²) in [6.45, 7) is 3.61. The van der Waals surface area contributed by atoms with Gasteiger partial charge in [-0.1, -0.05) is 67.3 Å². The predicted molar refractivity (Wildman–Crippen MR) is 97.9 cm³/mol. The van der Waals surface area contributed by atoms with Crippen molar-refractivity contribution in [2.45, 2.75) is 0 Å². The molecule has 0 saturated carbocycles. The third-order valence-corrected chi connectivity index (χ3v) is 4.03. The highest BCUT2D eigenvalue weighted by Gasteiger charge is 2.08. The Morgan fingerprint density at radius 3 is 2.39 bits per heavy atom. The summed E-state index contributed by atoms with van der Waals surface area (Å²) in [7, 11) is 1.95. The van der Waals surface area contributed by atoms with Gasteiger partial charge in [0.2, 0.25) is 0 Å². The number of pyridine rings is 1. The van der Waals surface area contributed by atoms with Gasteiger partial charge in [0, 0.05) is 25.0 Å². The highest BCUT2D eigenvalue weighted by Crippen LogP contribution is 2.30. The standard InChI is InChI=1S/C20H17NOS/c1-3-22-19-14-21(2)13-18(20(19)23)17-11-7-10-16(12-17)15-8-5-4-6-9-15/h3-14H,1H2,2H3. The number of ether oxygens (including phenoxy) is 1. The normalized spacial score (nSPS) is 10.3. The number of rotatable bonds is 4. The molecule has 0 N–H and O–H groups in total. The van der Waals surface area contributed by atoms with Crippen LogP contribution in [-0.4, -0.2) is 4.57 Å². The Morgan fingerprint density at radius 1 is 0.957 bits per heavy atom. The summed E-state index contributed by atoms with van der Waals surface area (Å²) < 4.78 is 8.07. The molecule has 0 fully saturated rings. The first-order valence-corrected chi connectivity index (χ1v) is 7.73. The van der Waals surface area contributed by atoms with Crippen LogP contribution in [0.2, 0.25) is 0 Å². The molecule has 2 nitrogen and oxygen atoms in total. The summed E-state index contributed by atoms with van der Waals surface area (Å²) >= 11 is 5.57. The van der Waals surface area contributed by atoms with Crippen LogP contribution in [-0.2, 0) is 7.05 Å². The van der Waals surface area contributed by atoms with E-state index in [-0.39, 0.29) is 0 Å². The Kier molecular flexibility index (Phi) is 4.40. The van der Waals surface area contributed by atoms with Gasteiger partial charge in [0.1, 0.15) is 0 Å². The van der Waals surface area contributed by atoms with Crippen LogP contribution in [0.25, 0.3) is 22.3 Å². The van der Waals surface area contributed by atoms with Crippen LogP contribution in [0.4, 0.5) is 0 Å².